The molecular formula is C11H8Br2N2. The molecule has 2 aromatic heterocycles. The Hall–Kier alpha value is -0.740. The first-order valence-electron chi connectivity index (χ1n) is 4.43. The largest absolute Gasteiger partial charge is 0.239 e. The van der Waals surface area contributed by atoms with Gasteiger partial charge in [-0.05, 0) is 62.5 Å². The second-order valence-electron chi connectivity index (χ2n) is 3.15. The van der Waals surface area contributed by atoms with Crippen LogP contribution in [0.3, 0.4) is 0 Å². The van der Waals surface area contributed by atoms with Crippen LogP contribution in [0.2, 0.25) is 0 Å². The van der Waals surface area contributed by atoms with E-state index in [-0.39, 0.29) is 0 Å². The molecule has 0 N–H and O–H groups in total. The van der Waals surface area contributed by atoms with Crippen molar-refractivity contribution in [3.8, 4) is 11.4 Å². The molecule has 2 nitrogen and oxygen atoms in total. The van der Waals surface area contributed by atoms with Gasteiger partial charge < -0.3 is 0 Å². The smallest absolute Gasteiger partial charge is 0.106 e. The van der Waals surface area contributed by atoms with Gasteiger partial charge in [-0.2, -0.15) is 0 Å². The summed E-state index contributed by atoms with van der Waals surface area (Å²) < 4.78 is 1.64. The van der Waals surface area contributed by atoms with Gasteiger partial charge >= 0.3 is 0 Å². The zero-order valence-electron chi connectivity index (χ0n) is 8.04. The second kappa shape index (κ2) is 4.41. The van der Waals surface area contributed by atoms with Crippen LogP contribution in [0.15, 0.2) is 39.5 Å². The van der Waals surface area contributed by atoms with Crippen molar-refractivity contribution in [3.05, 3.63) is 45.1 Å². The third-order valence-corrected chi connectivity index (χ3v) is 2.90. The van der Waals surface area contributed by atoms with Crippen molar-refractivity contribution < 1.29 is 0 Å². The van der Waals surface area contributed by atoms with E-state index in [1.165, 1.54) is 0 Å². The minimum atomic E-state index is 0.821. The first kappa shape index (κ1) is 10.8. The molecule has 4 heteroatoms. The number of rotatable bonds is 1. The van der Waals surface area contributed by atoms with Crippen LogP contribution >= 0.6 is 31.9 Å². The van der Waals surface area contributed by atoms with Gasteiger partial charge in [-0.15, -0.1) is 0 Å². The lowest BCUT2D eigenvalue weighted by molar-refractivity contribution is 1.18. The molecule has 0 aliphatic carbocycles. The quantitative estimate of drug-likeness (QED) is 0.740. The summed E-state index contributed by atoms with van der Waals surface area (Å²) in [4.78, 5) is 8.80. The van der Waals surface area contributed by atoms with Crippen LogP contribution in [0.5, 0.6) is 0 Å². The molecule has 0 atom stereocenters. The molecule has 15 heavy (non-hydrogen) atoms. The number of hydrogen-bond donors (Lipinski definition) is 0. The average Bonchev–Trinajstić information content (AvgIpc) is 2.22. The van der Waals surface area contributed by atoms with Crippen LogP contribution in [-0.2, 0) is 0 Å². The molecule has 0 saturated carbocycles. The topological polar surface area (TPSA) is 25.8 Å². The fourth-order valence-electron chi connectivity index (χ4n) is 1.30. The van der Waals surface area contributed by atoms with E-state index < -0.39 is 0 Å². The van der Waals surface area contributed by atoms with Gasteiger partial charge in [0.15, 0.2) is 0 Å². The SMILES string of the molecule is Cc1ccc(Br)nc1-c1cccc(Br)n1. The number of pyridine rings is 2. The van der Waals surface area contributed by atoms with Crippen molar-refractivity contribution in [1.29, 1.82) is 0 Å². The number of halogens is 2. The van der Waals surface area contributed by atoms with Gasteiger partial charge in [0, 0.05) is 0 Å². The van der Waals surface area contributed by atoms with E-state index in [2.05, 4.69) is 41.8 Å². The number of nitrogens with zero attached hydrogens (tertiary/aromatic N) is 2. The Morgan fingerprint density at radius 1 is 0.933 bits per heavy atom. The third kappa shape index (κ3) is 2.44. The van der Waals surface area contributed by atoms with E-state index in [9.17, 15) is 0 Å². The molecule has 0 fully saturated rings. The minimum absolute atomic E-state index is 0.821. The first-order chi connectivity index (χ1) is 7.16. The average molecular weight is 328 g/mol. The van der Waals surface area contributed by atoms with E-state index in [0.29, 0.717) is 0 Å². The van der Waals surface area contributed by atoms with Crippen LogP contribution in [0.4, 0.5) is 0 Å². The van der Waals surface area contributed by atoms with Crippen molar-refractivity contribution in [2.24, 2.45) is 0 Å². The molecule has 0 unspecified atom stereocenters. The lowest BCUT2D eigenvalue weighted by Gasteiger charge is -2.04. The van der Waals surface area contributed by atoms with E-state index in [1.54, 1.807) is 0 Å². The number of hydrogen-bond acceptors (Lipinski definition) is 2. The highest BCUT2D eigenvalue weighted by Crippen LogP contribution is 2.22. The van der Waals surface area contributed by atoms with Gasteiger partial charge in [0.05, 0.1) is 11.4 Å². The van der Waals surface area contributed by atoms with Crippen molar-refractivity contribution in [3.63, 3.8) is 0 Å². The summed E-state index contributed by atoms with van der Waals surface area (Å²) in [6.45, 7) is 2.03. The van der Waals surface area contributed by atoms with Crippen molar-refractivity contribution in [2.75, 3.05) is 0 Å². The molecule has 0 radical (unpaired) electrons. The van der Waals surface area contributed by atoms with Crippen molar-refractivity contribution in [2.45, 2.75) is 6.92 Å². The Balaban J connectivity index is 2.58. The van der Waals surface area contributed by atoms with Crippen molar-refractivity contribution >= 4 is 31.9 Å². The molecule has 0 aromatic carbocycles. The predicted molar refractivity (Wildman–Crippen MR) is 67.6 cm³/mol. The molecule has 0 aliphatic rings. The highest BCUT2D eigenvalue weighted by Gasteiger charge is 2.05. The standard InChI is InChI=1S/C11H8Br2N2/c1-7-5-6-10(13)15-11(7)8-3-2-4-9(12)14-8/h2-6H,1H3. The fourth-order valence-corrected chi connectivity index (χ4v) is 1.96. The molecule has 0 bridgehead atoms. The summed E-state index contributed by atoms with van der Waals surface area (Å²) in [5, 5.41) is 0. The maximum atomic E-state index is 4.42. The van der Waals surface area contributed by atoms with Gasteiger partial charge in [0.25, 0.3) is 0 Å². The van der Waals surface area contributed by atoms with Gasteiger partial charge in [0.1, 0.15) is 9.21 Å². The molecule has 2 rings (SSSR count). The van der Waals surface area contributed by atoms with Crippen molar-refractivity contribution in [1.82, 2.24) is 9.97 Å². The Labute approximate surface area is 105 Å². The van der Waals surface area contributed by atoms with E-state index in [0.717, 1.165) is 26.2 Å². The normalized spacial score (nSPS) is 10.3. The molecule has 2 heterocycles. The van der Waals surface area contributed by atoms with Crippen LogP contribution < -0.4 is 0 Å². The summed E-state index contributed by atoms with van der Waals surface area (Å²) in [6.07, 6.45) is 0. The monoisotopic (exact) mass is 326 g/mol. The second-order valence-corrected chi connectivity index (χ2v) is 4.77. The summed E-state index contributed by atoms with van der Waals surface area (Å²) in [6, 6.07) is 9.75. The van der Waals surface area contributed by atoms with Gasteiger partial charge in [-0.1, -0.05) is 12.1 Å². The fraction of sp³-hybridized carbons (Fsp3) is 0.0909. The summed E-state index contributed by atoms with van der Waals surface area (Å²) >= 11 is 6.71. The Morgan fingerprint density at radius 3 is 2.40 bits per heavy atom. The minimum Gasteiger partial charge on any atom is -0.239 e. The van der Waals surface area contributed by atoms with Crippen LogP contribution in [0.25, 0.3) is 11.4 Å². The molecular weight excluding hydrogens is 320 g/mol. The molecule has 76 valence electrons. The Bertz CT molecular complexity index is 498. The highest BCUT2D eigenvalue weighted by molar-refractivity contribution is 9.10. The summed E-state index contributed by atoms with van der Waals surface area (Å²) in [7, 11) is 0. The number of aryl methyl sites for hydroxylation is 1. The van der Waals surface area contributed by atoms with Crippen LogP contribution in [-0.4, -0.2) is 9.97 Å². The molecule has 0 aliphatic heterocycles. The zero-order chi connectivity index (χ0) is 10.8. The lowest BCUT2D eigenvalue weighted by atomic mass is 10.1. The van der Waals surface area contributed by atoms with Gasteiger partial charge in [-0.3, -0.25) is 0 Å². The highest BCUT2D eigenvalue weighted by atomic mass is 79.9. The van der Waals surface area contributed by atoms with E-state index in [4.69, 9.17) is 0 Å². The lowest BCUT2D eigenvalue weighted by Crippen LogP contribution is -1.91. The van der Waals surface area contributed by atoms with Crippen LogP contribution in [0, 0.1) is 6.92 Å². The zero-order valence-corrected chi connectivity index (χ0v) is 11.2. The van der Waals surface area contributed by atoms with Gasteiger partial charge in [-0.25, -0.2) is 9.97 Å². The van der Waals surface area contributed by atoms with Crippen LogP contribution in [0.1, 0.15) is 5.56 Å². The molecule has 0 amide bonds. The summed E-state index contributed by atoms with van der Waals surface area (Å²) in [5.41, 5.74) is 2.90. The first-order valence-corrected chi connectivity index (χ1v) is 6.01. The molecule has 2 aromatic rings. The summed E-state index contributed by atoms with van der Waals surface area (Å²) in [5.74, 6) is 0. The molecule has 0 saturated heterocycles. The Morgan fingerprint density at radius 2 is 1.67 bits per heavy atom. The maximum absolute atomic E-state index is 4.42. The van der Waals surface area contributed by atoms with E-state index >= 15 is 0 Å². The Kier molecular flexibility index (Phi) is 3.17. The number of aromatic nitrogens is 2. The van der Waals surface area contributed by atoms with Gasteiger partial charge in [0.2, 0.25) is 0 Å². The maximum Gasteiger partial charge on any atom is 0.106 e. The third-order valence-electron chi connectivity index (χ3n) is 2.02. The van der Waals surface area contributed by atoms with E-state index in [1.807, 2.05) is 37.3 Å². The molecule has 0 spiro atoms. The predicted octanol–water partition coefficient (Wildman–Crippen LogP) is 3.98.